The van der Waals surface area contributed by atoms with Gasteiger partial charge in [0.25, 0.3) is 0 Å². The molecule has 4 heteroatoms. The summed E-state index contributed by atoms with van der Waals surface area (Å²) in [6.07, 6.45) is -4.65. The summed E-state index contributed by atoms with van der Waals surface area (Å²) in [7, 11) is 0. The Balaban J connectivity index is 2.39. The third-order valence-corrected chi connectivity index (χ3v) is 1.93. The van der Waals surface area contributed by atoms with Crippen molar-refractivity contribution >= 4 is 0 Å². The Morgan fingerprint density at radius 2 is 1.80 bits per heavy atom. The lowest BCUT2D eigenvalue weighted by atomic mass is 9.81. The van der Waals surface area contributed by atoms with Gasteiger partial charge in [-0.05, 0) is 18.8 Å². The zero-order valence-electron chi connectivity index (χ0n) is 5.36. The van der Waals surface area contributed by atoms with Crippen LogP contribution in [0.1, 0.15) is 19.3 Å². The smallest absolute Gasteiger partial charge is 0.383 e. The second kappa shape index (κ2) is 2.42. The highest BCUT2D eigenvalue weighted by molar-refractivity contribution is 4.81. The fourth-order valence-corrected chi connectivity index (χ4v) is 1.02. The van der Waals surface area contributed by atoms with Crippen LogP contribution in [0.25, 0.3) is 0 Å². The van der Waals surface area contributed by atoms with E-state index < -0.39 is 18.2 Å². The van der Waals surface area contributed by atoms with Crippen LogP contribution in [0.4, 0.5) is 13.2 Å². The first-order valence-corrected chi connectivity index (χ1v) is 3.26. The molecule has 1 aliphatic carbocycles. The van der Waals surface area contributed by atoms with Crippen LogP contribution in [0.2, 0.25) is 0 Å². The Labute approximate surface area is 56.8 Å². The zero-order chi connectivity index (χ0) is 7.78. The van der Waals surface area contributed by atoms with E-state index in [9.17, 15) is 13.2 Å². The third kappa shape index (κ3) is 1.42. The maximum absolute atomic E-state index is 11.7. The molecule has 1 nitrogen and oxygen atoms in total. The SMILES string of the molecule is O[C@@H](C1CCC1)C(F)(F)F. The molecule has 0 bridgehead atoms. The zero-order valence-corrected chi connectivity index (χ0v) is 5.36. The van der Waals surface area contributed by atoms with Crippen LogP contribution in [-0.2, 0) is 0 Å². The predicted octanol–water partition coefficient (Wildman–Crippen LogP) is 1.71. The van der Waals surface area contributed by atoms with Gasteiger partial charge < -0.3 is 5.11 Å². The Morgan fingerprint density at radius 3 is 1.90 bits per heavy atom. The monoisotopic (exact) mass is 154 g/mol. The first kappa shape index (κ1) is 7.85. The van der Waals surface area contributed by atoms with E-state index in [1.165, 1.54) is 0 Å². The van der Waals surface area contributed by atoms with Crippen LogP contribution in [0.15, 0.2) is 0 Å². The van der Waals surface area contributed by atoms with Crippen LogP contribution in [0.5, 0.6) is 0 Å². The van der Waals surface area contributed by atoms with Crippen molar-refractivity contribution in [3.05, 3.63) is 0 Å². The summed E-state index contributed by atoms with van der Waals surface area (Å²) in [5, 5.41) is 8.58. The van der Waals surface area contributed by atoms with Crippen molar-refractivity contribution in [2.24, 2.45) is 5.92 Å². The molecule has 0 aromatic heterocycles. The summed E-state index contributed by atoms with van der Waals surface area (Å²) < 4.78 is 35.0. The van der Waals surface area contributed by atoms with Crippen LogP contribution in [0, 0.1) is 5.92 Å². The van der Waals surface area contributed by atoms with Crippen LogP contribution < -0.4 is 0 Å². The van der Waals surface area contributed by atoms with Crippen molar-refractivity contribution < 1.29 is 18.3 Å². The standard InChI is InChI=1S/C6H9F3O/c7-6(8,9)5(10)4-2-1-3-4/h4-5,10H,1-3H2/t5-/m0/s1. The highest BCUT2D eigenvalue weighted by Crippen LogP contribution is 2.36. The topological polar surface area (TPSA) is 20.2 Å². The fraction of sp³-hybridized carbons (Fsp3) is 1.00. The van der Waals surface area contributed by atoms with Gasteiger partial charge in [-0.1, -0.05) is 6.42 Å². The number of hydrogen-bond acceptors (Lipinski definition) is 1. The van der Waals surface area contributed by atoms with E-state index in [0.717, 1.165) is 6.42 Å². The highest BCUT2D eigenvalue weighted by Gasteiger charge is 2.45. The first-order chi connectivity index (χ1) is 4.52. The molecule has 0 spiro atoms. The molecule has 0 amide bonds. The summed E-state index contributed by atoms with van der Waals surface area (Å²) in [6.45, 7) is 0. The molecule has 0 radical (unpaired) electrons. The molecule has 1 atom stereocenters. The van der Waals surface area contributed by atoms with Gasteiger partial charge in [0.05, 0.1) is 0 Å². The Morgan fingerprint density at radius 1 is 1.30 bits per heavy atom. The quantitative estimate of drug-likeness (QED) is 0.609. The van der Waals surface area contributed by atoms with Crippen molar-refractivity contribution in [2.75, 3.05) is 0 Å². The van der Waals surface area contributed by atoms with Crippen molar-refractivity contribution in [3.63, 3.8) is 0 Å². The Kier molecular flexibility index (Phi) is 1.90. The summed E-state index contributed by atoms with van der Waals surface area (Å²) in [5.41, 5.74) is 0. The molecule has 1 rings (SSSR count). The molecule has 0 aliphatic heterocycles. The minimum Gasteiger partial charge on any atom is -0.383 e. The van der Waals surface area contributed by atoms with Gasteiger partial charge in [-0.2, -0.15) is 13.2 Å². The van der Waals surface area contributed by atoms with Crippen molar-refractivity contribution in [2.45, 2.75) is 31.5 Å². The van der Waals surface area contributed by atoms with E-state index in [1.54, 1.807) is 0 Å². The number of hydrogen-bond donors (Lipinski definition) is 1. The minimum absolute atomic E-state index is 0.515. The number of aliphatic hydroxyl groups is 1. The van der Waals surface area contributed by atoms with Gasteiger partial charge in [0, 0.05) is 0 Å². The molecule has 60 valence electrons. The largest absolute Gasteiger partial charge is 0.414 e. The van der Waals surface area contributed by atoms with Gasteiger partial charge in [0.1, 0.15) is 0 Å². The molecule has 1 saturated carbocycles. The second-order valence-corrected chi connectivity index (χ2v) is 2.68. The van der Waals surface area contributed by atoms with Gasteiger partial charge >= 0.3 is 6.18 Å². The number of halogens is 3. The van der Waals surface area contributed by atoms with E-state index in [0.29, 0.717) is 12.8 Å². The molecule has 1 fully saturated rings. The van der Waals surface area contributed by atoms with Crippen LogP contribution in [0.3, 0.4) is 0 Å². The van der Waals surface area contributed by atoms with Crippen molar-refractivity contribution in [1.82, 2.24) is 0 Å². The molecule has 0 unspecified atom stereocenters. The molecule has 0 aromatic rings. The fourth-order valence-electron chi connectivity index (χ4n) is 1.02. The summed E-state index contributed by atoms with van der Waals surface area (Å²) >= 11 is 0. The van der Waals surface area contributed by atoms with E-state index in [1.807, 2.05) is 0 Å². The molecule has 0 saturated heterocycles. The highest BCUT2D eigenvalue weighted by atomic mass is 19.4. The predicted molar refractivity (Wildman–Crippen MR) is 29.4 cm³/mol. The Hall–Kier alpha value is -0.250. The minimum atomic E-state index is -4.41. The summed E-state index contributed by atoms with van der Waals surface area (Å²) in [5.74, 6) is -0.528. The number of aliphatic hydroxyl groups excluding tert-OH is 1. The number of rotatable bonds is 1. The maximum atomic E-state index is 11.7. The van der Waals surface area contributed by atoms with Gasteiger partial charge in [0.15, 0.2) is 6.10 Å². The van der Waals surface area contributed by atoms with E-state index >= 15 is 0 Å². The normalized spacial score (nSPS) is 24.0. The van der Waals surface area contributed by atoms with Crippen LogP contribution >= 0.6 is 0 Å². The van der Waals surface area contributed by atoms with E-state index in [2.05, 4.69) is 0 Å². The molecule has 10 heavy (non-hydrogen) atoms. The van der Waals surface area contributed by atoms with E-state index in [-0.39, 0.29) is 0 Å². The first-order valence-electron chi connectivity index (χ1n) is 3.26. The number of alkyl halides is 3. The van der Waals surface area contributed by atoms with Gasteiger partial charge in [-0.3, -0.25) is 0 Å². The average Bonchev–Trinajstić information content (AvgIpc) is 1.57. The summed E-state index contributed by atoms with van der Waals surface area (Å²) in [4.78, 5) is 0. The third-order valence-electron chi connectivity index (χ3n) is 1.93. The van der Waals surface area contributed by atoms with Crippen LogP contribution in [-0.4, -0.2) is 17.4 Å². The second-order valence-electron chi connectivity index (χ2n) is 2.68. The van der Waals surface area contributed by atoms with Crippen molar-refractivity contribution in [3.8, 4) is 0 Å². The van der Waals surface area contributed by atoms with Crippen molar-refractivity contribution in [1.29, 1.82) is 0 Å². The summed E-state index contributed by atoms with van der Waals surface area (Å²) in [6, 6.07) is 0. The van der Waals surface area contributed by atoms with Gasteiger partial charge in [0.2, 0.25) is 0 Å². The Bertz CT molecular complexity index is 117. The lowest BCUT2D eigenvalue weighted by Crippen LogP contribution is -2.39. The molecule has 0 heterocycles. The van der Waals surface area contributed by atoms with Gasteiger partial charge in [-0.25, -0.2) is 0 Å². The molecule has 1 N–H and O–H groups in total. The lowest BCUT2D eigenvalue weighted by molar-refractivity contribution is -0.226. The van der Waals surface area contributed by atoms with E-state index in [4.69, 9.17) is 5.11 Å². The molecular formula is C6H9F3O. The lowest BCUT2D eigenvalue weighted by Gasteiger charge is -2.31. The maximum Gasteiger partial charge on any atom is 0.414 e. The average molecular weight is 154 g/mol. The molecule has 1 aliphatic rings. The molecule has 0 aromatic carbocycles. The van der Waals surface area contributed by atoms with Gasteiger partial charge in [-0.15, -0.1) is 0 Å². The molecular weight excluding hydrogens is 145 g/mol.